The summed E-state index contributed by atoms with van der Waals surface area (Å²) in [5, 5.41) is 3.55. The van der Waals surface area contributed by atoms with Crippen molar-refractivity contribution in [2.45, 2.75) is 44.6 Å². The Morgan fingerprint density at radius 1 is 1.19 bits per heavy atom. The molecule has 0 radical (unpaired) electrons. The summed E-state index contributed by atoms with van der Waals surface area (Å²) in [5.74, 6) is 1.64. The molecule has 118 valence electrons. The lowest BCUT2D eigenvalue weighted by Gasteiger charge is -2.40. The van der Waals surface area contributed by atoms with Crippen molar-refractivity contribution in [3.63, 3.8) is 0 Å². The zero-order chi connectivity index (χ0) is 13.8. The number of benzene rings is 1. The van der Waals surface area contributed by atoms with Crippen LogP contribution in [0.5, 0.6) is 0 Å². The third-order valence-corrected chi connectivity index (χ3v) is 5.18. The molecule has 3 rings (SSSR count). The van der Waals surface area contributed by atoms with Crippen LogP contribution in [0.25, 0.3) is 0 Å². The highest BCUT2D eigenvalue weighted by Gasteiger charge is 2.28. The predicted molar refractivity (Wildman–Crippen MR) is 92.3 cm³/mol. The van der Waals surface area contributed by atoms with Crippen LogP contribution in [0.1, 0.15) is 44.1 Å². The largest absolute Gasteiger partial charge is 0.316 e. The molecule has 1 aromatic carbocycles. The average Bonchev–Trinajstić information content (AvgIpc) is 2.51. The smallest absolute Gasteiger partial charge is 0.00728 e. The van der Waals surface area contributed by atoms with E-state index in [4.69, 9.17) is 0 Å². The maximum absolute atomic E-state index is 3.55. The van der Waals surface area contributed by atoms with Crippen LogP contribution in [0, 0.1) is 5.92 Å². The van der Waals surface area contributed by atoms with Crippen molar-refractivity contribution in [2.75, 3.05) is 26.2 Å². The van der Waals surface area contributed by atoms with E-state index in [0.717, 1.165) is 17.9 Å². The summed E-state index contributed by atoms with van der Waals surface area (Å²) in [6.07, 6.45) is 5.43. The topological polar surface area (TPSA) is 15.3 Å². The molecule has 1 N–H and O–H groups in total. The van der Waals surface area contributed by atoms with E-state index in [9.17, 15) is 0 Å². The van der Waals surface area contributed by atoms with E-state index in [2.05, 4.69) is 47.5 Å². The van der Waals surface area contributed by atoms with Crippen molar-refractivity contribution in [1.82, 2.24) is 10.2 Å². The van der Waals surface area contributed by atoms with Gasteiger partial charge in [-0.25, -0.2) is 0 Å². The monoisotopic (exact) mass is 308 g/mol. The second-order valence-electron chi connectivity index (χ2n) is 6.69. The molecule has 2 saturated heterocycles. The minimum atomic E-state index is 0. The Labute approximate surface area is 135 Å². The van der Waals surface area contributed by atoms with E-state index in [1.807, 2.05) is 0 Å². The zero-order valence-electron chi connectivity index (χ0n) is 13.1. The van der Waals surface area contributed by atoms with Gasteiger partial charge in [-0.3, -0.25) is 0 Å². The molecule has 3 unspecified atom stereocenters. The summed E-state index contributed by atoms with van der Waals surface area (Å²) >= 11 is 0. The van der Waals surface area contributed by atoms with Crippen LogP contribution in [-0.4, -0.2) is 37.1 Å². The van der Waals surface area contributed by atoms with Crippen molar-refractivity contribution in [1.29, 1.82) is 0 Å². The molecule has 3 heteroatoms. The predicted octanol–water partition coefficient (Wildman–Crippen LogP) is 3.68. The van der Waals surface area contributed by atoms with E-state index < -0.39 is 0 Å². The first-order valence-electron chi connectivity index (χ1n) is 8.32. The second-order valence-corrected chi connectivity index (χ2v) is 6.69. The molecule has 2 heterocycles. The van der Waals surface area contributed by atoms with Crippen molar-refractivity contribution in [3.05, 3.63) is 35.9 Å². The standard InChI is InChI=1S/C18H28N2.ClH/c1-15-12-18(17-7-3-2-4-8-17)9-11-20(15)14-16-6-5-10-19-13-16;/h2-4,7-8,15-16,18-19H,5-6,9-14H2,1H3;1H. The molecule has 21 heavy (non-hydrogen) atoms. The molecule has 2 aliphatic rings. The normalized spacial score (nSPS) is 30.6. The Morgan fingerprint density at radius 3 is 2.67 bits per heavy atom. The number of hydrogen-bond donors (Lipinski definition) is 1. The summed E-state index contributed by atoms with van der Waals surface area (Å²) in [6, 6.07) is 11.8. The highest BCUT2D eigenvalue weighted by atomic mass is 35.5. The van der Waals surface area contributed by atoms with Crippen LogP contribution < -0.4 is 5.32 Å². The first kappa shape index (κ1) is 16.8. The van der Waals surface area contributed by atoms with E-state index in [-0.39, 0.29) is 12.4 Å². The van der Waals surface area contributed by atoms with Crippen molar-refractivity contribution in [3.8, 4) is 0 Å². The van der Waals surface area contributed by atoms with Gasteiger partial charge in [-0.2, -0.15) is 0 Å². The Kier molecular flexibility index (Phi) is 6.53. The molecule has 0 saturated carbocycles. The number of hydrogen-bond acceptors (Lipinski definition) is 2. The fourth-order valence-electron chi connectivity index (χ4n) is 3.93. The van der Waals surface area contributed by atoms with Gasteiger partial charge in [0.1, 0.15) is 0 Å². The van der Waals surface area contributed by atoms with Gasteiger partial charge in [0.05, 0.1) is 0 Å². The Balaban J connectivity index is 0.00000161. The van der Waals surface area contributed by atoms with Crippen LogP contribution in [0.4, 0.5) is 0 Å². The molecule has 2 fully saturated rings. The van der Waals surface area contributed by atoms with Gasteiger partial charge in [0.2, 0.25) is 0 Å². The lowest BCUT2D eigenvalue weighted by Crippen LogP contribution is -2.45. The molecule has 3 atom stereocenters. The molecule has 0 aromatic heterocycles. The molecule has 0 spiro atoms. The minimum absolute atomic E-state index is 0. The number of nitrogens with one attached hydrogen (secondary N) is 1. The Hall–Kier alpha value is -0.570. The van der Waals surface area contributed by atoms with Crippen LogP contribution in [0.2, 0.25) is 0 Å². The molecular formula is C18H29ClN2. The van der Waals surface area contributed by atoms with Crippen LogP contribution in [0.15, 0.2) is 30.3 Å². The van der Waals surface area contributed by atoms with Crippen LogP contribution in [0.3, 0.4) is 0 Å². The van der Waals surface area contributed by atoms with Crippen molar-refractivity contribution in [2.24, 2.45) is 5.92 Å². The van der Waals surface area contributed by atoms with E-state index in [1.165, 1.54) is 51.9 Å². The third kappa shape index (κ3) is 4.45. The van der Waals surface area contributed by atoms with Crippen LogP contribution >= 0.6 is 12.4 Å². The summed E-state index contributed by atoms with van der Waals surface area (Å²) < 4.78 is 0. The SMILES string of the molecule is CC1CC(c2ccccc2)CCN1CC1CCCNC1.Cl. The molecule has 2 aliphatic heterocycles. The summed E-state index contributed by atoms with van der Waals surface area (Å²) in [7, 11) is 0. The van der Waals surface area contributed by atoms with E-state index in [0.29, 0.717) is 0 Å². The second kappa shape index (κ2) is 8.17. The van der Waals surface area contributed by atoms with Crippen molar-refractivity contribution >= 4 is 12.4 Å². The molecule has 1 aromatic rings. The molecule has 0 bridgehead atoms. The lowest BCUT2D eigenvalue weighted by atomic mass is 9.85. The van der Waals surface area contributed by atoms with Gasteiger partial charge in [0.25, 0.3) is 0 Å². The summed E-state index contributed by atoms with van der Waals surface area (Å²) in [6.45, 7) is 7.45. The number of rotatable bonds is 3. The quantitative estimate of drug-likeness (QED) is 0.916. The van der Waals surface area contributed by atoms with Crippen LogP contribution in [-0.2, 0) is 0 Å². The average molecular weight is 309 g/mol. The fraction of sp³-hybridized carbons (Fsp3) is 0.667. The van der Waals surface area contributed by atoms with Gasteiger partial charge < -0.3 is 10.2 Å². The maximum atomic E-state index is 3.55. The van der Waals surface area contributed by atoms with E-state index in [1.54, 1.807) is 5.56 Å². The Morgan fingerprint density at radius 2 is 2.00 bits per heavy atom. The van der Waals surface area contributed by atoms with Crippen molar-refractivity contribution < 1.29 is 0 Å². The highest BCUT2D eigenvalue weighted by Crippen LogP contribution is 2.32. The maximum Gasteiger partial charge on any atom is 0.00728 e. The van der Waals surface area contributed by atoms with Gasteiger partial charge in [-0.15, -0.1) is 12.4 Å². The zero-order valence-corrected chi connectivity index (χ0v) is 13.9. The Bertz CT molecular complexity index is 403. The number of likely N-dealkylation sites (tertiary alicyclic amines) is 1. The fourth-order valence-corrected chi connectivity index (χ4v) is 3.93. The summed E-state index contributed by atoms with van der Waals surface area (Å²) in [4.78, 5) is 2.73. The van der Waals surface area contributed by atoms with Gasteiger partial charge in [-0.1, -0.05) is 30.3 Å². The molecule has 0 aliphatic carbocycles. The van der Waals surface area contributed by atoms with E-state index >= 15 is 0 Å². The van der Waals surface area contributed by atoms with Gasteiger partial charge in [-0.05, 0) is 69.6 Å². The third-order valence-electron chi connectivity index (χ3n) is 5.18. The van der Waals surface area contributed by atoms with Gasteiger partial charge >= 0.3 is 0 Å². The number of nitrogens with zero attached hydrogens (tertiary/aromatic N) is 1. The molecular weight excluding hydrogens is 280 g/mol. The lowest BCUT2D eigenvalue weighted by molar-refractivity contribution is 0.116. The molecule has 2 nitrogen and oxygen atoms in total. The van der Waals surface area contributed by atoms with Gasteiger partial charge in [0.15, 0.2) is 0 Å². The summed E-state index contributed by atoms with van der Waals surface area (Å²) in [5.41, 5.74) is 1.54. The number of piperidine rings is 2. The highest BCUT2D eigenvalue weighted by molar-refractivity contribution is 5.85. The number of halogens is 1. The first-order chi connectivity index (χ1) is 9.83. The minimum Gasteiger partial charge on any atom is -0.316 e. The molecule has 0 amide bonds. The first-order valence-corrected chi connectivity index (χ1v) is 8.32. The van der Waals surface area contributed by atoms with Gasteiger partial charge in [0, 0.05) is 12.6 Å².